The van der Waals surface area contributed by atoms with Gasteiger partial charge < -0.3 is 5.32 Å². The number of aromatic nitrogens is 1. The number of thiophene rings is 1. The van der Waals surface area contributed by atoms with Gasteiger partial charge in [-0.15, -0.1) is 22.7 Å². The number of nitrogens with one attached hydrogen (secondary N) is 1. The summed E-state index contributed by atoms with van der Waals surface area (Å²) in [6.07, 6.45) is 0. The van der Waals surface area contributed by atoms with Crippen LogP contribution in [0, 0.1) is 0 Å². The highest BCUT2D eigenvalue weighted by Crippen LogP contribution is 2.28. The molecule has 0 spiro atoms. The van der Waals surface area contributed by atoms with Crippen molar-refractivity contribution in [1.82, 2.24) is 10.3 Å². The standard InChI is InChI=1S/C14H13ClN2S3/c15-13-6-5-10(19-13)9-16-7-8-18-14-17-11-3-1-2-4-12(11)20-14/h1-6,16H,7-9H2. The Hall–Kier alpha value is -0.590. The van der Waals surface area contributed by atoms with Crippen LogP contribution in [0.5, 0.6) is 0 Å². The first-order valence-corrected chi connectivity index (χ1v) is 9.24. The predicted molar refractivity (Wildman–Crippen MR) is 91.4 cm³/mol. The summed E-state index contributed by atoms with van der Waals surface area (Å²) in [5.74, 6) is 1.03. The minimum atomic E-state index is 0.852. The van der Waals surface area contributed by atoms with E-state index in [0.717, 1.165) is 33.0 Å². The molecular weight excluding hydrogens is 328 g/mol. The quantitative estimate of drug-likeness (QED) is 0.510. The van der Waals surface area contributed by atoms with Crippen LogP contribution >= 0.6 is 46.0 Å². The number of para-hydroxylation sites is 1. The van der Waals surface area contributed by atoms with Gasteiger partial charge in [-0.1, -0.05) is 35.5 Å². The molecule has 0 saturated carbocycles. The van der Waals surface area contributed by atoms with Crippen LogP contribution in [-0.2, 0) is 6.54 Å². The van der Waals surface area contributed by atoms with Crippen molar-refractivity contribution in [1.29, 1.82) is 0 Å². The first-order chi connectivity index (χ1) is 9.81. The normalized spacial score (nSPS) is 11.2. The fraction of sp³-hybridized carbons (Fsp3) is 0.214. The first-order valence-electron chi connectivity index (χ1n) is 6.24. The molecule has 1 N–H and O–H groups in total. The fourth-order valence-electron chi connectivity index (χ4n) is 1.78. The van der Waals surface area contributed by atoms with E-state index in [2.05, 4.69) is 34.6 Å². The average Bonchev–Trinajstić information content (AvgIpc) is 3.04. The molecule has 0 fully saturated rings. The first kappa shape index (κ1) is 14.4. The van der Waals surface area contributed by atoms with Crippen LogP contribution in [0.25, 0.3) is 10.2 Å². The Kier molecular flexibility index (Phi) is 4.96. The molecule has 0 radical (unpaired) electrons. The van der Waals surface area contributed by atoms with E-state index in [1.807, 2.05) is 23.9 Å². The Bertz CT molecular complexity index is 659. The summed E-state index contributed by atoms with van der Waals surface area (Å²) in [4.78, 5) is 5.89. The summed E-state index contributed by atoms with van der Waals surface area (Å²) in [5.41, 5.74) is 1.10. The van der Waals surface area contributed by atoms with Crippen LogP contribution in [0.3, 0.4) is 0 Å². The highest BCUT2D eigenvalue weighted by atomic mass is 35.5. The SMILES string of the molecule is Clc1ccc(CNCCSc2nc3ccccc3s2)s1. The highest BCUT2D eigenvalue weighted by Gasteiger charge is 2.03. The van der Waals surface area contributed by atoms with Crippen molar-refractivity contribution in [3.05, 3.63) is 45.6 Å². The molecule has 104 valence electrons. The molecule has 0 aliphatic rings. The molecule has 6 heteroatoms. The Morgan fingerprint density at radius 3 is 2.85 bits per heavy atom. The summed E-state index contributed by atoms with van der Waals surface area (Å²) >= 11 is 11.1. The highest BCUT2D eigenvalue weighted by molar-refractivity contribution is 8.01. The third kappa shape index (κ3) is 3.74. The molecule has 0 amide bonds. The van der Waals surface area contributed by atoms with Gasteiger partial charge in [-0.05, 0) is 24.3 Å². The lowest BCUT2D eigenvalue weighted by Crippen LogP contribution is -2.15. The van der Waals surface area contributed by atoms with Gasteiger partial charge in [0, 0.05) is 23.7 Å². The van der Waals surface area contributed by atoms with Crippen LogP contribution < -0.4 is 5.32 Å². The maximum atomic E-state index is 5.90. The van der Waals surface area contributed by atoms with Gasteiger partial charge in [0.2, 0.25) is 0 Å². The van der Waals surface area contributed by atoms with E-state index in [1.165, 1.54) is 9.58 Å². The third-order valence-corrected chi connectivity index (χ3v) is 6.12. The predicted octanol–water partition coefficient (Wildman–Crippen LogP) is 4.89. The number of rotatable bonds is 6. The largest absolute Gasteiger partial charge is 0.311 e. The lowest BCUT2D eigenvalue weighted by molar-refractivity contribution is 0.741. The van der Waals surface area contributed by atoms with Crippen molar-refractivity contribution in [2.45, 2.75) is 10.9 Å². The van der Waals surface area contributed by atoms with Gasteiger partial charge >= 0.3 is 0 Å². The molecule has 0 aliphatic carbocycles. The summed E-state index contributed by atoms with van der Waals surface area (Å²) in [6.45, 7) is 1.86. The molecule has 0 bridgehead atoms. The number of hydrogen-bond donors (Lipinski definition) is 1. The minimum Gasteiger partial charge on any atom is -0.311 e. The molecule has 3 rings (SSSR count). The number of hydrogen-bond acceptors (Lipinski definition) is 5. The molecular formula is C14H13ClN2S3. The summed E-state index contributed by atoms with van der Waals surface area (Å²) in [6, 6.07) is 12.3. The maximum absolute atomic E-state index is 5.90. The second-order valence-electron chi connectivity index (χ2n) is 4.18. The molecule has 1 aromatic carbocycles. The van der Waals surface area contributed by atoms with E-state index >= 15 is 0 Å². The summed E-state index contributed by atoms with van der Waals surface area (Å²) in [5, 5.41) is 3.43. The molecule has 2 aromatic heterocycles. The zero-order valence-corrected chi connectivity index (χ0v) is 13.8. The van der Waals surface area contributed by atoms with E-state index in [-0.39, 0.29) is 0 Å². The zero-order chi connectivity index (χ0) is 13.8. The van der Waals surface area contributed by atoms with Gasteiger partial charge in [0.1, 0.15) is 0 Å². The number of halogens is 1. The molecule has 3 aromatic rings. The monoisotopic (exact) mass is 340 g/mol. The number of fused-ring (bicyclic) bond motifs is 1. The van der Waals surface area contributed by atoms with Crippen LogP contribution in [0.4, 0.5) is 0 Å². The second-order valence-corrected chi connectivity index (χ2v) is 8.35. The third-order valence-electron chi connectivity index (χ3n) is 2.71. The Balaban J connectivity index is 1.43. The summed E-state index contributed by atoms with van der Waals surface area (Å²) < 4.78 is 3.26. The van der Waals surface area contributed by atoms with Gasteiger partial charge in [0.15, 0.2) is 4.34 Å². The van der Waals surface area contributed by atoms with Crippen LogP contribution in [0.15, 0.2) is 40.7 Å². The van der Waals surface area contributed by atoms with Crippen LogP contribution in [0.2, 0.25) is 4.34 Å². The Morgan fingerprint density at radius 2 is 2.05 bits per heavy atom. The molecule has 20 heavy (non-hydrogen) atoms. The Labute approximate surface area is 135 Å². The number of thiazole rings is 1. The zero-order valence-electron chi connectivity index (χ0n) is 10.6. The molecule has 0 aliphatic heterocycles. The second kappa shape index (κ2) is 6.91. The van der Waals surface area contributed by atoms with E-state index in [1.54, 1.807) is 22.7 Å². The minimum absolute atomic E-state index is 0.852. The van der Waals surface area contributed by atoms with E-state index in [4.69, 9.17) is 11.6 Å². The van der Waals surface area contributed by atoms with Crippen LogP contribution in [-0.4, -0.2) is 17.3 Å². The molecule has 2 heterocycles. The number of nitrogens with zero attached hydrogens (tertiary/aromatic N) is 1. The summed E-state index contributed by atoms with van der Waals surface area (Å²) in [7, 11) is 0. The average molecular weight is 341 g/mol. The van der Waals surface area contributed by atoms with Crippen molar-refractivity contribution in [2.75, 3.05) is 12.3 Å². The van der Waals surface area contributed by atoms with Gasteiger partial charge in [-0.3, -0.25) is 0 Å². The van der Waals surface area contributed by atoms with Gasteiger partial charge in [-0.2, -0.15) is 0 Å². The van der Waals surface area contributed by atoms with Crippen molar-refractivity contribution in [3.63, 3.8) is 0 Å². The van der Waals surface area contributed by atoms with E-state index in [0.29, 0.717) is 0 Å². The number of thioether (sulfide) groups is 1. The molecule has 2 nitrogen and oxygen atoms in total. The lowest BCUT2D eigenvalue weighted by Gasteiger charge is -2.01. The van der Waals surface area contributed by atoms with Crippen molar-refractivity contribution in [2.24, 2.45) is 0 Å². The number of benzene rings is 1. The topological polar surface area (TPSA) is 24.9 Å². The lowest BCUT2D eigenvalue weighted by atomic mass is 10.3. The van der Waals surface area contributed by atoms with Crippen molar-refractivity contribution in [3.8, 4) is 0 Å². The van der Waals surface area contributed by atoms with Crippen molar-refractivity contribution >= 4 is 56.3 Å². The maximum Gasteiger partial charge on any atom is 0.151 e. The molecule has 0 unspecified atom stereocenters. The molecule has 0 atom stereocenters. The van der Waals surface area contributed by atoms with Crippen LogP contribution in [0.1, 0.15) is 4.88 Å². The van der Waals surface area contributed by atoms with Gasteiger partial charge in [-0.25, -0.2) is 4.98 Å². The van der Waals surface area contributed by atoms with Crippen molar-refractivity contribution < 1.29 is 0 Å². The molecule has 0 saturated heterocycles. The van der Waals surface area contributed by atoms with E-state index in [9.17, 15) is 0 Å². The smallest absolute Gasteiger partial charge is 0.151 e. The Morgan fingerprint density at radius 1 is 1.15 bits per heavy atom. The van der Waals surface area contributed by atoms with E-state index < -0.39 is 0 Å². The van der Waals surface area contributed by atoms with Gasteiger partial charge in [0.25, 0.3) is 0 Å². The van der Waals surface area contributed by atoms with Gasteiger partial charge in [0.05, 0.1) is 14.6 Å². The fourth-order valence-corrected chi connectivity index (χ4v) is 4.87.